The van der Waals surface area contributed by atoms with Gasteiger partial charge in [0.1, 0.15) is 11.6 Å². The number of nitrogens with one attached hydrogen (secondary N) is 1. The fraction of sp³-hybridized carbons (Fsp3) is 0.429. The van der Waals surface area contributed by atoms with Crippen LogP contribution in [0.15, 0.2) is 53.4 Å². The van der Waals surface area contributed by atoms with Crippen LogP contribution in [-0.2, 0) is 22.9 Å². The summed E-state index contributed by atoms with van der Waals surface area (Å²) in [6.07, 6.45) is 5.65. The fourth-order valence-corrected chi connectivity index (χ4v) is 6.11. The highest BCUT2D eigenvalue weighted by Gasteiger charge is 2.24. The lowest BCUT2D eigenvalue weighted by Gasteiger charge is -2.20. The Morgan fingerprint density at radius 3 is 2.11 bits per heavy atom. The normalized spacial score (nSPS) is 15.1. The Balaban J connectivity index is 1.41. The van der Waals surface area contributed by atoms with Gasteiger partial charge in [-0.25, -0.2) is 18.4 Å². The summed E-state index contributed by atoms with van der Waals surface area (Å²) < 4.78 is 27.7. The van der Waals surface area contributed by atoms with E-state index in [2.05, 4.69) is 46.5 Å². The van der Waals surface area contributed by atoms with Crippen molar-refractivity contribution >= 4 is 15.8 Å². The van der Waals surface area contributed by atoms with Crippen LogP contribution in [0.2, 0.25) is 0 Å². The van der Waals surface area contributed by atoms with Crippen LogP contribution in [0.4, 0.5) is 5.82 Å². The molecule has 1 aromatic heterocycles. The first-order chi connectivity index (χ1) is 16.8. The van der Waals surface area contributed by atoms with E-state index in [1.807, 2.05) is 26.0 Å². The van der Waals surface area contributed by atoms with Gasteiger partial charge in [-0.2, -0.15) is 4.31 Å². The van der Waals surface area contributed by atoms with Gasteiger partial charge in [-0.05, 0) is 63.3 Å². The average molecular weight is 493 g/mol. The van der Waals surface area contributed by atoms with Crippen LogP contribution < -0.4 is 5.32 Å². The van der Waals surface area contributed by atoms with Gasteiger partial charge < -0.3 is 5.32 Å². The lowest BCUT2D eigenvalue weighted by molar-refractivity contribution is 0.423. The predicted molar refractivity (Wildman–Crippen MR) is 141 cm³/mol. The maximum atomic E-state index is 13.0. The van der Waals surface area contributed by atoms with E-state index in [4.69, 9.17) is 0 Å². The van der Waals surface area contributed by atoms with E-state index in [1.54, 1.807) is 16.4 Å². The Morgan fingerprint density at radius 2 is 1.46 bits per heavy atom. The molecule has 0 aliphatic carbocycles. The van der Waals surface area contributed by atoms with Crippen molar-refractivity contribution < 1.29 is 8.42 Å². The summed E-state index contributed by atoms with van der Waals surface area (Å²) in [5.74, 6) is 1.62. The van der Waals surface area contributed by atoms with Crippen LogP contribution in [0, 0.1) is 20.8 Å². The number of aryl methyl sites for hydroxylation is 3. The molecule has 7 heteroatoms. The molecule has 0 radical (unpaired) electrons. The molecular weight excluding hydrogens is 456 g/mol. The molecule has 0 spiro atoms. The minimum Gasteiger partial charge on any atom is -0.369 e. The highest BCUT2D eigenvalue weighted by molar-refractivity contribution is 7.89. The Morgan fingerprint density at radius 1 is 0.829 bits per heavy atom. The molecule has 0 amide bonds. The molecule has 0 atom stereocenters. The van der Waals surface area contributed by atoms with Gasteiger partial charge in [0.25, 0.3) is 0 Å². The highest BCUT2D eigenvalue weighted by Crippen LogP contribution is 2.23. The minimum absolute atomic E-state index is 0.388. The Bertz CT molecular complexity index is 1230. The van der Waals surface area contributed by atoms with Gasteiger partial charge in [0.2, 0.25) is 10.0 Å². The number of rotatable bonds is 8. The zero-order valence-electron chi connectivity index (χ0n) is 21.0. The standard InChI is InChI=1S/C28H36N4O2S/c1-21-8-10-25(11-9-21)20-27-22(2)30-23(3)31-28(27)29-17-16-24-12-14-26(15-13-24)35(33,34)32-18-6-4-5-7-19-32/h8-15H,4-7,16-20H2,1-3H3,(H,29,30,31). The summed E-state index contributed by atoms with van der Waals surface area (Å²) in [5, 5.41) is 3.50. The summed E-state index contributed by atoms with van der Waals surface area (Å²) in [5.41, 5.74) is 5.67. The Kier molecular flexibility index (Phi) is 8.19. The summed E-state index contributed by atoms with van der Waals surface area (Å²) in [4.78, 5) is 9.64. The van der Waals surface area contributed by atoms with Crippen LogP contribution in [-0.4, -0.2) is 42.3 Å². The molecule has 1 aliphatic rings. The van der Waals surface area contributed by atoms with Crippen molar-refractivity contribution in [2.45, 2.75) is 64.2 Å². The van der Waals surface area contributed by atoms with E-state index in [0.29, 0.717) is 24.5 Å². The molecule has 0 saturated carbocycles. The third-order valence-electron chi connectivity index (χ3n) is 6.66. The van der Waals surface area contributed by atoms with Gasteiger partial charge in [0.05, 0.1) is 4.90 Å². The second-order valence-electron chi connectivity index (χ2n) is 9.48. The van der Waals surface area contributed by atoms with Gasteiger partial charge in [-0.1, -0.05) is 54.8 Å². The molecule has 4 rings (SSSR count). The van der Waals surface area contributed by atoms with Gasteiger partial charge in [-0.15, -0.1) is 0 Å². The first-order valence-corrected chi connectivity index (χ1v) is 14.0. The molecular formula is C28H36N4O2S. The zero-order chi connectivity index (χ0) is 24.8. The Labute approximate surface area is 209 Å². The largest absolute Gasteiger partial charge is 0.369 e. The van der Waals surface area contributed by atoms with Crippen molar-refractivity contribution in [3.8, 4) is 0 Å². The molecule has 1 fully saturated rings. The second kappa shape index (κ2) is 11.3. The molecule has 1 saturated heterocycles. The zero-order valence-corrected chi connectivity index (χ0v) is 21.9. The van der Waals surface area contributed by atoms with E-state index in [9.17, 15) is 8.42 Å². The van der Waals surface area contributed by atoms with Crippen molar-refractivity contribution in [3.05, 3.63) is 82.3 Å². The van der Waals surface area contributed by atoms with Crippen molar-refractivity contribution in [2.24, 2.45) is 0 Å². The van der Waals surface area contributed by atoms with Gasteiger partial charge in [0, 0.05) is 37.3 Å². The highest BCUT2D eigenvalue weighted by atomic mass is 32.2. The minimum atomic E-state index is -3.41. The summed E-state index contributed by atoms with van der Waals surface area (Å²) >= 11 is 0. The third-order valence-corrected chi connectivity index (χ3v) is 8.57. The third kappa shape index (κ3) is 6.47. The number of aromatic nitrogens is 2. The van der Waals surface area contributed by atoms with Crippen molar-refractivity contribution in [1.29, 1.82) is 0 Å². The van der Waals surface area contributed by atoms with E-state index in [-0.39, 0.29) is 0 Å². The molecule has 1 aliphatic heterocycles. The SMILES string of the molecule is Cc1ccc(Cc2c(C)nc(C)nc2NCCc2ccc(S(=O)(=O)N3CCCCCC3)cc2)cc1. The molecule has 3 aromatic rings. The van der Waals surface area contributed by atoms with Crippen LogP contribution in [0.25, 0.3) is 0 Å². The molecule has 0 unspecified atom stereocenters. The lowest BCUT2D eigenvalue weighted by atomic mass is 10.0. The van der Waals surface area contributed by atoms with E-state index in [1.165, 1.54) is 11.1 Å². The van der Waals surface area contributed by atoms with Crippen LogP contribution >= 0.6 is 0 Å². The second-order valence-corrected chi connectivity index (χ2v) is 11.4. The van der Waals surface area contributed by atoms with E-state index in [0.717, 1.165) is 67.0 Å². The number of sulfonamides is 1. The number of hydrogen-bond acceptors (Lipinski definition) is 5. The van der Waals surface area contributed by atoms with Crippen molar-refractivity contribution in [1.82, 2.24) is 14.3 Å². The number of nitrogens with zero attached hydrogens (tertiary/aromatic N) is 3. The topological polar surface area (TPSA) is 75.2 Å². The van der Waals surface area contributed by atoms with Crippen LogP contribution in [0.5, 0.6) is 0 Å². The van der Waals surface area contributed by atoms with Gasteiger partial charge >= 0.3 is 0 Å². The van der Waals surface area contributed by atoms with Gasteiger partial charge in [0.15, 0.2) is 0 Å². The predicted octanol–water partition coefficient (Wildman–Crippen LogP) is 5.21. The molecule has 2 aromatic carbocycles. The van der Waals surface area contributed by atoms with Crippen LogP contribution in [0.1, 0.15) is 59.5 Å². The maximum Gasteiger partial charge on any atom is 0.243 e. The average Bonchev–Trinajstić information content (AvgIpc) is 3.13. The molecule has 1 N–H and O–H groups in total. The van der Waals surface area contributed by atoms with Gasteiger partial charge in [-0.3, -0.25) is 0 Å². The summed E-state index contributed by atoms with van der Waals surface area (Å²) in [6.45, 7) is 7.99. The van der Waals surface area contributed by atoms with Crippen LogP contribution in [0.3, 0.4) is 0 Å². The first kappa shape index (κ1) is 25.3. The Hall–Kier alpha value is -2.77. The number of benzene rings is 2. The van der Waals surface area contributed by atoms with Crippen molar-refractivity contribution in [3.63, 3.8) is 0 Å². The summed E-state index contributed by atoms with van der Waals surface area (Å²) in [6, 6.07) is 15.9. The summed E-state index contributed by atoms with van der Waals surface area (Å²) in [7, 11) is -3.41. The molecule has 6 nitrogen and oxygen atoms in total. The fourth-order valence-electron chi connectivity index (χ4n) is 4.59. The number of anilines is 1. The lowest BCUT2D eigenvalue weighted by Crippen LogP contribution is -2.31. The van der Waals surface area contributed by atoms with E-state index >= 15 is 0 Å². The maximum absolute atomic E-state index is 13.0. The molecule has 35 heavy (non-hydrogen) atoms. The molecule has 0 bridgehead atoms. The first-order valence-electron chi connectivity index (χ1n) is 12.6. The monoisotopic (exact) mass is 492 g/mol. The van der Waals surface area contributed by atoms with E-state index < -0.39 is 10.0 Å². The molecule has 2 heterocycles. The smallest absolute Gasteiger partial charge is 0.243 e. The van der Waals surface area contributed by atoms with Crippen molar-refractivity contribution in [2.75, 3.05) is 25.0 Å². The quantitative estimate of drug-likeness (QED) is 0.467. The number of hydrogen-bond donors (Lipinski definition) is 1. The molecule has 186 valence electrons.